The van der Waals surface area contributed by atoms with Crippen LogP contribution in [0.5, 0.6) is 5.75 Å². The molecule has 0 saturated carbocycles. The Morgan fingerprint density at radius 3 is 2.19 bits per heavy atom. The lowest BCUT2D eigenvalue weighted by Crippen LogP contribution is -2.43. The summed E-state index contributed by atoms with van der Waals surface area (Å²) < 4.78 is 4.48. The Hall–Kier alpha value is -3.52. The Morgan fingerprint density at radius 2 is 1.81 bits per heavy atom. The summed E-state index contributed by atoms with van der Waals surface area (Å²) >= 11 is 0. The Balaban J connectivity index is 0.000000525. The van der Waals surface area contributed by atoms with Gasteiger partial charge in [0.2, 0.25) is 0 Å². The number of likely N-dealkylation sites (N-methyl/N-ethyl adjacent to an activating group) is 1. The van der Waals surface area contributed by atoms with Crippen molar-refractivity contribution >= 4 is 23.9 Å². The molecule has 0 bridgehead atoms. The topological polar surface area (TPSA) is 131 Å². The molecule has 0 saturated heterocycles. The van der Waals surface area contributed by atoms with Gasteiger partial charge < -0.3 is 20.9 Å². The summed E-state index contributed by atoms with van der Waals surface area (Å²) in [6, 6.07) is 13.6. The molecule has 8 nitrogen and oxygen atoms in total. The number of carbonyl (C=O) groups excluding carboxylic acids is 3. The molecule has 198 valence electrons. The summed E-state index contributed by atoms with van der Waals surface area (Å²) in [6.45, 7) is 10.00. The summed E-state index contributed by atoms with van der Waals surface area (Å²) in [5, 5.41) is 11.9. The Bertz CT molecular complexity index is 989. The lowest BCUT2D eigenvalue weighted by molar-refractivity contribution is -0.121. The minimum Gasteiger partial charge on any atom is -0.508 e. The number of phenols is 1. The molecule has 2 rings (SSSR count). The first-order chi connectivity index (χ1) is 17.0. The van der Waals surface area contributed by atoms with Gasteiger partial charge in [0.1, 0.15) is 17.6 Å². The van der Waals surface area contributed by atoms with Crippen LogP contribution in [0.1, 0.15) is 67.3 Å². The van der Waals surface area contributed by atoms with E-state index < -0.39 is 11.5 Å². The zero-order valence-corrected chi connectivity index (χ0v) is 22.5. The number of phenolic OH excluding ortho intramolecular Hbond substituents is 1. The standard InChI is InChI=1S/C11H23N3O.C9H8O3.C8H10O/c1-6-8(2)10(12)14-11(4,7-13-5)9(3)15;1-12-9(11)8-4-2-7(6-10)3-5-8;1-2-7-4-3-5-8(9)6-7/h8,13H,6-7H2,1-5H3,(H2,12,14);2-6H,1H3;3-6,9H,2H2,1H3. The number of hydrogen-bond acceptors (Lipinski definition) is 7. The number of aromatic hydroxyl groups is 1. The molecular formula is C28H41N3O5. The second-order valence-corrected chi connectivity index (χ2v) is 8.46. The van der Waals surface area contributed by atoms with Gasteiger partial charge in [0.05, 0.1) is 18.5 Å². The molecule has 0 radical (unpaired) electrons. The third-order valence-corrected chi connectivity index (χ3v) is 5.56. The van der Waals surface area contributed by atoms with E-state index in [1.54, 1.807) is 57.3 Å². The lowest BCUT2D eigenvalue weighted by atomic mass is 9.97. The fourth-order valence-electron chi connectivity index (χ4n) is 2.78. The molecule has 2 aromatic carbocycles. The van der Waals surface area contributed by atoms with Crippen molar-refractivity contribution in [2.24, 2.45) is 16.6 Å². The number of Topliss-reactive ketones (excluding diaryl/α,β-unsaturated/α-hetero) is 1. The van der Waals surface area contributed by atoms with E-state index in [2.05, 4.69) is 28.9 Å². The van der Waals surface area contributed by atoms with Crippen LogP contribution in [0.4, 0.5) is 0 Å². The molecule has 0 aromatic heterocycles. The number of amidine groups is 1. The average Bonchev–Trinajstić information content (AvgIpc) is 2.88. The minimum absolute atomic E-state index is 0.0307. The molecule has 2 atom stereocenters. The van der Waals surface area contributed by atoms with E-state index in [1.165, 1.54) is 12.7 Å². The monoisotopic (exact) mass is 499 g/mol. The smallest absolute Gasteiger partial charge is 0.337 e. The van der Waals surface area contributed by atoms with Crippen molar-refractivity contribution in [1.82, 2.24) is 5.32 Å². The van der Waals surface area contributed by atoms with Crippen LogP contribution >= 0.6 is 0 Å². The number of aldehydes is 1. The Morgan fingerprint density at radius 1 is 1.19 bits per heavy atom. The predicted molar refractivity (Wildman–Crippen MR) is 145 cm³/mol. The van der Waals surface area contributed by atoms with E-state index in [9.17, 15) is 14.4 Å². The van der Waals surface area contributed by atoms with Crippen LogP contribution in [0.3, 0.4) is 0 Å². The highest BCUT2D eigenvalue weighted by Gasteiger charge is 2.29. The van der Waals surface area contributed by atoms with Crippen LogP contribution < -0.4 is 11.1 Å². The van der Waals surface area contributed by atoms with Gasteiger partial charge in [0.15, 0.2) is 5.78 Å². The van der Waals surface area contributed by atoms with Gasteiger partial charge in [-0.3, -0.25) is 14.6 Å². The van der Waals surface area contributed by atoms with Crippen molar-refractivity contribution in [3.05, 3.63) is 65.2 Å². The van der Waals surface area contributed by atoms with Crippen molar-refractivity contribution in [1.29, 1.82) is 0 Å². The van der Waals surface area contributed by atoms with Crippen LogP contribution in [0.25, 0.3) is 0 Å². The molecule has 0 aliphatic carbocycles. The van der Waals surface area contributed by atoms with Gasteiger partial charge >= 0.3 is 5.97 Å². The van der Waals surface area contributed by atoms with Gasteiger partial charge in [-0.05, 0) is 63.6 Å². The highest BCUT2D eigenvalue weighted by Crippen LogP contribution is 2.13. The predicted octanol–water partition coefficient (Wildman–Crippen LogP) is 4.20. The summed E-state index contributed by atoms with van der Waals surface area (Å²) in [7, 11) is 3.12. The molecule has 0 spiro atoms. The molecule has 0 aliphatic heterocycles. The molecule has 2 unspecified atom stereocenters. The van der Waals surface area contributed by atoms with Crippen molar-refractivity contribution in [2.45, 2.75) is 53.0 Å². The van der Waals surface area contributed by atoms with Gasteiger partial charge in [-0.2, -0.15) is 0 Å². The van der Waals surface area contributed by atoms with E-state index in [4.69, 9.17) is 10.8 Å². The number of methoxy groups -OCH3 is 1. The number of ketones is 1. The molecule has 4 N–H and O–H groups in total. The average molecular weight is 500 g/mol. The molecule has 36 heavy (non-hydrogen) atoms. The number of rotatable bonds is 9. The number of carbonyl (C=O) groups is 3. The van der Waals surface area contributed by atoms with Crippen LogP contribution in [0, 0.1) is 5.92 Å². The molecule has 0 amide bonds. The Labute approximate surface area is 215 Å². The molecule has 8 heteroatoms. The number of aliphatic imine (C=N–C) groups is 1. The summed E-state index contributed by atoms with van der Waals surface area (Å²) in [4.78, 5) is 37.0. The van der Waals surface area contributed by atoms with Gasteiger partial charge in [-0.25, -0.2) is 4.79 Å². The largest absolute Gasteiger partial charge is 0.508 e. The van der Waals surface area contributed by atoms with Gasteiger partial charge in [0.25, 0.3) is 0 Å². The number of nitrogens with two attached hydrogens (primary N) is 1. The molecular weight excluding hydrogens is 458 g/mol. The summed E-state index contributed by atoms with van der Waals surface area (Å²) in [6.07, 6.45) is 2.64. The first kappa shape index (κ1) is 32.5. The number of benzene rings is 2. The Kier molecular flexibility index (Phi) is 15.3. The van der Waals surface area contributed by atoms with E-state index >= 15 is 0 Å². The van der Waals surface area contributed by atoms with E-state index in [0.717, 1.165) is 19.1 Å². The number of esters is 1. The van der Waals surface area contributed by atoms with Gasteiger partial charge in [0, 0.05) is 18.0 Å². The fourth-order valence-corrected chi connectivity index (χ4v) is 2.78. The van der Waals surface area contributed by atoms with E-state index in [1.807, 2.05) is 19.1 Å². The molecule has 0 aliphatic rings. The highest BCUT2D eigenvalue weighted by atomic mass is 16.5. The first-order valence-corrected chi connectivity index (χ1v) is 11.9. The number of nitrogens with zero attached hydrogens (tertiary/aromatic N) is 1. The first-order valence-electron chi connectivity index (χ1n) is 11.9. The van der Waals surface area contributed by atoms with E-state index in [-0.39, 0.29) is 11.7 Å². The SMILES string of the molecule is CCC(C)C(N)=NC(C)(CNC)C(C)=O.CCc1cccc(O)c1.COC(=O)c1ccc(C=O)cc1. The van der Waals surface area contributed by atoms with Gasteiger partial charge in [-0.15, -0.1) is 0 Å². The normalized spacial score (nSPS) is 13.0. The fraction of sp³-hybridized carbons (Fsp3) is 0.429. The zero-order chi connectivity index (χ0) is 27.7. The molecule has 2 aromatic rings. The number of ether oxygens (including phenoxy) is 1. The highest BCUT2D eigenvalue weighted by molar-refractivity contribution is 5.91. The van der Waals surface area contributed by atoms with E-state index in [0.29, 0.717) is 29.3 Å². The van der Waals surface area contributed by atoms with Crippen molar-refractivity contribution < 1.29 is 24.2 Å². The zero-order valence-electron chi connectivity index (χ0n) is 22.5. The maximum absolute atomic E-state index is 11.5. The van der Waals surface area contributed by atoms with Crippen molar-refractivity contribution in [2.75, 3.05) is 20.7 Å². The quantitative estimate of drug-likeness (QED) is 0.204. The van der Waals surface area contributed by atoms with Crippen LogP contribution in [-0.4, -0.2) is 55.2 Å². The minimum atomic E-state index is -0.734. The molecule has 0 heterocycles. The molecule has 0 fully saturated rings. The lowest BCUT2D eigenvalue weighted by Gasteiger charge is -2.23. The van der Waals surface area contributed by atoms with Gasteiger partial charge in [-0.1, -0.05) is 45.0 Å². The summed E-state index contributed by atoms with van der Waals surface area (Å²) in [5.41, 5.74) is 7.29. The van der Waals surface area contributed by atoms with Crippen LogP contribution in [0.15, 0.2) is 53.5 Å². The second kappa shape index (κ2) is 17.0. The maximum Gasteiger partial charge on any atom is 0.337 e. The third kappa shape index (κ3) is 11.8. The van der Waals surface area contributed by atoms with Crippen LogP contribution in [-0.2, 0) is 16.0 Å². The number of aryl methyl sites for hydroxylation is 1. The van der Waals surface area contributed by atoms with Crippen LogP contribution in [0.2, 0.25) is 0 Å². The second-order valence-electron chi connectivity index (χ2n) is 8.46. The van der Waals surface area contributed by atoms with Crippen molar-refractivity contribution in [3.63, 3.8) is 0 Å². The maximum atomic E-state index is 11.5. The summed E-state index contributed by atoms with van der Waals surface area (Å²) in [5.74, 6) is 0.774. The number of hydrogen-bond donors (Lipinski definition) is 3. The van der Waals surface area contributed by atoms with Crippen molar-refractivity contribution in [3.8, 4) is 5.75 Å². The number of nitrogens with one attached hydrogen (secondary N) is 1. The third-order valence-electron chi connectivity index (χ3n) is 5.56.